The number of thiazole rings is 1. The number of allylic oxidation sites excluding steroid dienone is 1. The van der Waals surface area contributed by atoms with Crippen molar-refractivity contribution in [1.29, 1.82) is 0 Å². The fraction of sp³-hybridized carbons (Fsp3) is 0.211. The molecule has 8 heteroatoms. The lowest BCUT2D eigenvalue weighted by Gasteiger charge is -2.08. The molecule has 0 amide bonds. The highest BCUT2D eigenvalue weighted by Gasteiger charge is 2.16. The Kier molecular flexibility index (Phi) is 5.38. The van der Waals surface area contributed by atoms with E-state index in [9.17, 15) is 8.42 Å². The standard InChI is InChI=1S/C19H20N2O4S2/c1-5-10-21-15-11-16(24-3)17(25-4)12-18(15)26-19(21)20-27(22,23)14-8-6-13(2)7-9-14/h5-9,11-12H,1,10H2,2-4H3/b20-19-. The van der Waals surface area contributed by atoms with Gasteiger partial charge >= 0.3 is 0 Å². The Morgan fingerprint density at radius 1 is 1.15 bits per heavy atom. The first-order valence-corrected chi connectivity index (χ1v) is 10.4. The highest BCUT2D eigenvalue weighted by Crippen LogP contribution is 2.33. The first-order valence-electron chi connectivity index (χ1n) is 8.13. The van der Waals surface area contributed by atoms with Gasteiger partial charge in [0.1, 0.15) is 0 Å². The van der Waals surface area contributed by atoms with Gasteiger partial charge in [0.25, 0.3) is 10.0 Å². The summed E-state index contributed by atoms with van der Waals surface area (Å²) >= 11 is 1.27. The Morgan fingerprint density at radius 2 is 1.78 bits per heavy atom. The Balaban J connectivity index is 2.26. The van der Waals surface area contributed by atoms with Gasteiger partial charge < -0.3 is 14.0 Å². The number of nitrogens with zero attached hydrogens (tertiary/aromatic N) is 2. The molecule has 0 fully saturated rings. The molecule has 2 aromatic carbocycles. The van der Waals surface area contributed by atoms with Crippen LogP contribution in [0.25, 0.3) is 10.2 Å². The lowest BCUT2D eigenvalue weighted by Crippen LogP contribution is -2.16. The molecule has 6 nitrogen and oxygen atoms in total. The van der Waals surface area contributed by atoms with Gasteiger partial charge in [-0.25, -0.2) is 0 Å². The van der Waals surface area contributed by atoms with Crippen molar-refractivity contribution in [3.05, 3.63) is 59.4 Å². The van der Waals surface area contributed by atoms with Crippen LogP contribution in [0, 0.1) is 6.92 Å². The SMILES string of the molecule is C=CCn1/c(=N/S(=O)(=O)c2ccc(C)cc2)sc2cc(OC)c(OC)cc21. The molecule has 27 heavy (non-hydrogen) atoms. The summed E-state index contributed by atoms with van der Waals surface area (Å²) in [5.74, 6) is 1.14. The Labute approximate surface area is 162 Å². The van der Waals surface area contributed by atoms with E-state index < -0.39 is 10.0 Å². The third-order valence-electron chi connectivity index (χ3n) is 4.02. The molecular formula is C19H20N2O4S2. The van der Waals surface area contributed by atoms with Crippen molar-refractivity contribution in [1.82, 2.24) is 4.57 Å². The predicted molar refractivity (Wildman–Crippen MR) is 107 cm³/mol. The fourth-order valence-corrected chi connectivity index (χ4v) is 4.89. The minimum absolute atomic E-state index is 0.158. The topological polar surface area (TPSA) is 69.9 Å². The van der Waals surface area contributed by atoms with Gasteiger partial charge in [-0.1, -0.05) is 35.1 Å². The van der Waals surface area contributed by atoms with E-state index in [1.165, 1.54) is 11.3 Å². The third kappa shape index (κ3) is 3.77. The van der Waals surface area contributed by atoms with Crippen LogP contribution >= 0.6 is 11.3 Å². The van der Waals surface area contributed by atoms with Crippen LogP contribution in [0.1, 0.15) is 5.56 Å². The van der Waals surface area contributed by atoms with Crippen molar-refractivity contribution in [2.45, 2.75) is 18.4 Å². The normalized spacial score (nSPS) is 12.3. The maximum Gasteiger partial charge on any atom is 0.285 e. The average molecular weight is 405 g/mol. The predicted octanol–water partition coefficient (Wildman–Crippen LogP) is 3.50. The van der Waals surface area contributed by atoms with Crippen LogP contribution in [0.2, 0.25) is 0 Å². The third-order valence-corrected chi connectivity index (χ3v) is 6.45. The number of sulfonamides is 1. The summed E-state index contributed by atoms with van der Waals surface area (Å²) in [4.78, 5) is 0.520. The molecule has 142 valence electrons. The van der Waals surface area contributed by atoms with Gasteiger partial charge in [-0.05, 0) is 19.1 Å². The number of aryl methyl sites for hydroxylation is 1. The van der Waals surface area contributed by atoms with Crippen molar-refractivity contribution in [3.8, 4) is 11.5 Å². The van der Waals surface area contributed by atoms with E-state index in [2.05, 4.69) is 11.0 Å². The van der Waals surface area contributed by atoms with Crippen molar-refractivity contribution >= 4 is 31.6 Å². The molecule has 0 bridgehead atoms. The van der Waals surface area contributed by atoms with Gasteiger partial charge in [0.15, 0.2) is 11.5 Å². The minimum Gasteiger partial charge on any atom is -0.493 e. The number of hydrogen-bond acceptors (Lipinski definition) is 5. The largest absolute Gasteiger partial charge is 0.493 e. The van der Waals surface area contributed by atoms with Crippen molar-refractivity contribution in [3.63, 3.8) is 0 Å². The van der Waals surface area contributed by atoms with Gasteiger partial charge in [-0.3, -0.25) is 0 Å². The van der Waals surface area contributed by atoms with Gasteiger partial charge in [-0.15, -0.1) is 11.0 Å². The summed E-state index contributed by atoms with van der Waals surface area (Å²) in [6, 6.07) is 10.3. The average Bonchev–Trinajstić information content (AvgIpc) is 2.96. The van der Waals surface area contributed by atoms with Crippen LogP contribution in [0.4, 0.5) is 0 Å². The van der Waals surface area contributed by atoms with E-state index >= 15 is 0 Å². The summed E-state index contributed by atoms with van der Waals surface area (Å²) < 4.78 is 42.9. The van der Waals surface area contributed by atoms with Crippen molar-refractivity contribution in [2.75, 3.05) is 14.2 Å². The van der Waals surface area contributed by atoms with E-state index in [1.807, 2.05) is 19.1 Å². The molecule has 0 spiro atoms. The zero-order valence-electron chi connectivity index (χ0n) is 15.3. The first-order chi connectivity index (χ1) is 12.9. The molecule has 3 aromatic rings. The molecule has 0 saturated carbocycles. The molecule has 0 atom stereocenters. The van der Waals surface area contributed by atoms with Crippen molar-refractivity contribution in [2.24, 2.45) is 4.40 Å². The molecule has 0 saturated heterocycles. The molecule has 3 rings (SSSR count). The van der Waals surface area contributed by atoms with E-state index in [-0.39, 0.29) is 4.90 Å². The molecule has 0 aliphatic carbocycles. The van der Waals surface area contributed by atoms with Crippen LogP contribution in [-0.4, -0.2) is 27.2 Å². The fourth-order valence-electron chi connectivity index (χ4n) is 2.64. The Bertz CT molecular complexity index is 1160. The van der Waals surface area contributed by atoms with Crippen LogP contribution in [0.3, 0.4) is 0 Å². The number of methoxy groups -OCH3 is 2. The summed E-state index contributed by atoms with van der Waals surface area (Å²) in [6.07, 6.45) is 1.69. The zero-order chi connectivity index (χ0) is 19.6. The summed E-state index contributed by atoms with van der Waals surface area (Å²) in [5, 5.41) is 0. The molecule has 0 aliphatic rings. The van der Waals surface area contributed by atoms with E-state index in [1.54, 1.807) is 49.1 Å². The van der Waals surface area contributed by atoms with Gasteiger partial charge in [0.05, 0.1) is 29.3 Å². The molecular weight excluding hydrogens is 384 g/mol. The smallest absolute Gasteiger partial charge is 0.285 e. The first kappa shape index (κ1) is 19.2. The Morgan fingerprint density at radius 3 is 2.37 bits per heavy atom. The van der Waals surface area contributed by atoms with Gasteiger partial charge in [-0.2, -0.15) is 8.42 Å². The highest BCUT2D eigenvalue weighted by molar-refractivity contribution is 7.90. The monoisotopic (exact) mass is 404 g/mol. The van der Waals surface area contributed by atoms with Gasteiger partial charge in [0, 0.05) is 18.7 Å². The lowest BCUT2D eigenvalue weighted by atomic mass is 10.2. The molecule has 0 aliphatic heterocycles. The molecule has 0 radical (unpaired) electrons. The van der Waals surface area contributed by atoms with Crippen LogP contribution in [0.15, 0.2) is 58.3 Å². The summed E-state index contributed by atoms with van der Waals surface area (Å²) in [5.41, 5.74) is 1.78. The maximum absolute atomic E-state index is 12.7. The second-order valence-corrected chi connectivity index (χ2v) is 8.45. The van der Waals surface area contributed by atoms with Crippen LogP contribution in [-0.2, 0) is 16.6 Å². The number of aromatic nitrogens is 1. The Hall–Kier alpha value is -2.58. The maximum atomic E-state index is 12.7. The number of ether oxygens (including phenoxy) is 2. The molecule has 1 heterocycles. The number of benzene rings is 2. The minimum atomic E-state index is -3.83. The molecule has 0 N–H and O–H groups in total. The van der Waals surface area contributed by atoms with Crippen molar-refractivity contribution < 1.29 is 17.9 Å². The number of hydrogen-bond donors (Lipinski definition) is 0. The highest BCUT2D eigenvalue weighted by atomic mass is 32.2. The molecule has 1 aromatic heterocycles. The summed E-state index contributed by atoms with van der Waals surface area (Å²) in [6.45, 7) is 6.08. The van der Waals surface area contributed by atoms with Crippen LogP contribution in [0.5, 0.6) is 11.5 Å². The van der Waals surface area contributed by atoms with Crippen LogP contribution < -0.4 is 14.3 Å². The number of rotatable bonds is 6. The number of fused-ring (bicyclic) bond motifs is 1. The second-order valence-electron chi connectivity index (χ2n) is 5.84. The van der Waals surface area contributed by atoms with Gasteiger partial charge in [0.2, 0.25) is 4.80 Å². The van der Waals surface area contributed by atoms with E-state index in [0.717, 1.165) is 15.8 Å². The zero-order valence-corrected chi connectivity index (χ0v) is 16.9. The lowest BCUT2D eigenvalue weighted by molar-refractivity contribution is 0.355. The summed E-state index contributed by atoms with van der Waals surface area (Å²) in [7, 11) is -0.718. The quantitative estimate of drug-likeness (QED) is 0.590. The second kappa shape index (κ2) is 7.58. The van der Waals surface area contributed by atoms with E-state index in [4.69, 9.17) is 9.47 Å². The van der Waals surface area contributed by atoms with E-state index in [0.29, 0.717) is 22.8 Å². The molecule has 0 unspecified atom stereocenters.